The van der Waals surface area contributed by atoms with Gasteiger partial charge in [-0.1, -0.05) is 22.9 Å². The van der Waals surface area contributed by atoms with Gasteiger partial charge in [-0.2, -0.15) is 24.9 Å². The molecular weight excluding hydrogens is 1780 g/mol. The van der Waals surface area contributed by atoms with Crippen molar-refractivity contribution in [2.45, 2.75) is 153 Å². The summed E-state index contributed by atoms with van der Waals surface area (Å²) >= 11 is 16.2. The van der Waals surface area contributed by atoms with Gasteiger partial charge in [0.15, 0.2) is 80.7 Å². The Kier molecular flexibility index (Phi) is 29.4. The van der Waals surface area contributed by atoms with Crippen molar-refractivity contribution in [3.63, 3.8) is 0 Å². The van der Waals surface area contributed by atoms with Gasteiger partial charge < -0.3 is 82.6 Å². The molecule has 5 fully saturated rings. The third-order valence-electron chi connectivity index (χ3n) is 20.9. The van der Waals surface area contributed by atoms with Crippen LogP contribution in [-0.2, 0) is 28.4 Å². The van der Waals surface area contributed by atoms with Crippen molar-refractivity contribution in [1.82, 2.24) is 97.6 Å². The highest BCUT2D eigenvalue weighted by Crippen LogP contribution is 2.47. The molecule has 10 aromatic rings. The van der Waals surface area contributed by atoms with Crippen LogP contribution in [0.4, 0.5) is 29.7 Å². The van der Waals surface area contributed by atoms with Crippen LogP contribution >= 0.6 is 73.6 Å². The number of ether oxygens (including phenoxy) is 6. The summed E-state index contributed by atoms with van der Waals surface area (Å²) < 4.78 is 43.5. The van der Waals surface area contributed by atoms with Crippen molar-refractivity contribution in [3.05, 3.63) is 83.4 Å². The molecule has 49 heteroatoms. The van der Waals surface area contributed by atoms with E-state index >= 15 is 0 Å². The van der Waals surface area contributed by atoms with Gasteiger partial charge in [0.1, 0.15) is 41.4 Å². The van der Waals surface area contributed by atoms with Gasteiger partial charge in [0.25, 0.3) is 27.8 Å². The number of nitrogen functional groups attached to an aromatic ring is 5. The molecule has 5 aliphatic rings. The number of hydrogen-bond acceptors (Lipinski definition) is 31. The molecule has 0 aromatic carbocycles. The molecule has 20 N–H and O–H groups in total. The van der Waals surface area contributed by atoms with Crippen molar-refractivity contribution in [1.29, 1.82) is 0 Å². The highest BCUT2D eigenvalue weighted by Gasteiger charge is 2.49. The fraction of sp³-hybridized carbons (Fsp3) is 0.583. The molecule has 0 saturated carbocycles. The second-order valence-electron chi connectivity index (χ2n) is 34.3. The topological polar surface area (TPSA) is 604 Å². The third-order valence-corrected chi connectivity index (χ3v) is 30.2. The minimum atomic E-state index is -1.23. The number of nitrogens with zero attached hydrogens (tertiary/aromatic N) is 15. The van der Waals surface area contributed by atoms with Crippen LogP contribution in [-0.4, -0.2) is 342 Å². The van der Waals surface area contributed by atoms with Crippen LogP contribution < -0.4 is 56.5 Å². The molecule has 41 nitrogen and oxygen atoms in total. The molecule has 5 saturated heterocycles. The smallest absolute Gasteiger partial charge is 0.280 e. The van der Waals surface area contributed by atoms with E-state index in [1.165, 1.54) is 38.7 Å². The van der Waals surface area contributed by atoms with Crippen molar-refractivity contribution < 1.29 is 54.0 Å². The first-order chi connectivity index (χ1) is 56.4. The van der Waals surface area contributed by atoms with Gasteiger partial charge in [0, 0.05) is 13.0 Å². The molecular formula is C72H111BrCl2N25O16P5. The number of rotatable bonds is 21. The van der Waals surface area contributed by atoms with E-state index in [1.807, 2.05) is 6.92 Å². The molecule has 0 spiro atoms. The maximum atomic E-state index is 11.9. The third kappa shape index (κ3) is 22.2. The van der Waals surface area contributed by atoms with E-state index in [4.69, 9.17) is 80.3 Å². The number of aromatic amines is 5. The lowest BCUT2D eigenvalue weighted by Gasteiger charge is -2.19. The van der Waals surface area contributed by atoms with Crippen molar-refractivity contribution >= 4 is 191 Å². The number of hydrogen-bond donors (Lipinski definition) is 15. The maximum absolute atomic E-state index is 11.9. The van der Waals surface area contributed by atoms with Crippen molar-refractivity contribution in [2.75, 3.05) is 133 Å². The number of aliphatic hydroxyl groups excluding tert-OH is 5. The molecule has 121 heavy (non-hydrogen) atoms. The van der Waals surface area contributed by atoms with E-state index in [0.29, 0.717) is 36.2 Å². The Balaban J connectivity index is 0.000000148. The van der Waals surface area contributed by atoms with Crippen molar-refractivity contribution in [3.8, 4) is 0 Å². The molecule has 5 aliphatic heterocycles. The molecule has 0 aliphatic carbocycles. The summed E-state index contributed by atoms with van der Waals surface area (Å²) in [6, 6.07) is 0. The first-order valence-corrected chi connectivity index (χ1v) is 55.6. The van der Waals surface area contributed by atoms with Crippen LogP contribution in [0.5, 0.6) is 0 Å². The number of halogens is 3. The lowest BCUT2D eigenvalue weighted by Crippen LogP contribution is -2.33. The molecule has 20 atom stereocenters. The van der Waals surface area contributed by atoms with Crippen LogP contribution in [0.3, 0.4) is 0 Å². The molecule has 5 unspecified atom stereocenters. The number of nitrogens with one attached hydrogen (secondary N) is 5. The Morgan fingerprint density at radius 2 is 0.612 bits per heavy atom. The van der Waals surface area contributed by atoms with E-state index in [2.05, 4.69) is 189 Å². The largest absolute Gasteiger partial charge is 0.390 e. The number of imidazole rings is 5. The fourth-order valence-electron chi connectivity index (χ4n) is 14.4. The molecule has 15 rings (SSSR count). The number of anilines is 5. The van der Waals surface area contributed by atoms with Gasteiger partial charge in [-0.3, -0.25) is 71.7 Å². The number of aromatic nitrogens is 20. The predicted octanol–water partition coefficient (Wildman–Crippen LogP) is 2.93. The first-order valence-electron chi connectivity index (χ1n) is 38.5. The second kappa shape index (κ2) is 37.6. The van der Waals surface area contributed by atoms with E-state index in [0.717, 1.165) is 43.7 Å². The summed E-state index contributed by atoms with van der Waals surface area (Å²) in [5.41, 5.74) is 28.5. The normalized spacial score (nSPS) is 27.7. The van der Waals surface area contributed by atoms with Gasteiger partial charge in [-0.15, -0.1) is 89.1 Å². The first kappa shape index (κ1) is 94.5. The summed E-state index contributed by atoms with van der Waals surface area (Å²) in [4.78, 5) is 112. The van der Waals surface area contributed by atoms with Crippen LogP contribution in [0, 0.1) is 5.92 Å². The van der Waals surface area contributed by atoms with Crippen LogP contribution in [0.2, 0.25) is 0 Å². The number of H-pyrrole nitrogens is 5. The van der Waals surface area contributed by atoms with Crippen LogP contribution in [0.1, 0.15) is 70.2 Å². The quantitative estimate of drug-likeness (QED) is 0.0363. The Morgan fingerprint density at radius 1 is 0.388 bits per heavy atom. The summed E-state index contributed by atoms with van der Waals surface area (Å²) in [5, 5.41) is 51.0. The molecule has 0 radical (unpaired) electrons. The minimum Gasteiger partial charge on any atom is -0.390 e. The predicted molar refractivity (Wildman–Crippen MR) is 491 cm³/mol. The zero-order valence-corrected chi connectivity index (χ0v) is 76.8. The van der Waals surface area contributed by atoms with Gasteiger partial charge in [-0.25, -0.2) is 24.9 Å². The highest BCUT2D eigenvalue weighted by molar-refractivity contribution is 9.09. The summed E-state index contributed by atoms with van der Waals surface area (Å²) in [7, 11) is 1.51. The van der Waals surface area contributed by atoms with E-state index in [1.54, 1.807) is 22.8 Å². The highest BCUT2D eigenvalue weighted by atomic mass is 79.9. The average molecular weight is 1890 g/mol. The van der Waals surface area contributed by atoms with Crippen LogP contribution in [0.15, 0.2) is 55.6 Å². The minimum absolute atomic E-state index is 0.00748. The fourth-order valence-corrected chi connectivity index (χ4v) is 20.6. The number of methoxy groups -OCH3 is 1. The monoisotopic (exact) mass is 1890 g/mol. The summed E-state index contributed by atoms with van der Waals surface area (Å²) in [6.45, 7) is 17.3. The van der Waals surface area contributed by atoms with E-state index in [-0.39, 0.29) is 103 Å². The maximum Gasteiger partial charge on any atom is 0.280 e. The molecule has 0 amide bonds. The Morgan fingerprint density at radius 3 is 0.893 bits per heavy atom. The lowest BCUT2D eigenvalue weighted by atomic mass is 10.0. The summed E-state index contributed by atoms with van der Waals surface area (Å²) in [6.07, 6.45) is 27.3. The zero-order valence-electron chi connectivity index (χ0n) is 69.2. The van der Waals surface area contributed by atoms with Crippen molar-refractivity contribution in [2.24, 2.45) is 5.92 Å². The van der Waals surface area contributed by atoms with Gasteiger partial charge in [0.2, 0.25) is 29.7 Å². The number of aliphatic hydroxyl groups is 5. The standard InChI is InChI=1S/C15H24N5O4P.C15H24N5O3P.C14H21BrN5O3P.2C14H21ClN5O3P/c1-23-11-10(21)8(5-6-25(2,3)4)24-14(11)20-7-17-9-12(20)18-15(16)19-13(9)22;1-8-11(21)9(5-6-24(2,3)4)23-14(8)20-7-17-10-12(20)18-15(16)19-13(10)22;3*1-24(2,3)5-4-7-10(21)8(15)13(23-7)20-6-17-9-11(20)18-14(16)19-12(9)22/h7-8,10-11,14,21H,2,5-6H2,1,3-4H3,(H3,16,18,19,22);7-9,11,14,21H,2,5-6H2,1,3-4H3,(H3,16,18,19,22);3*6-8,10,13,21H,1,4-5H2,2-3H3,(H3,16,18,19,22)/t8-,10-,11-,14?;8-,9-,11+,14?;3*7-,8-,10-,13?/m11111/s1. The SMILES string of the molecule is C=P(C)(C)CC[C@H]1OC(n2cnc3c(=O)[nH]c(N)nc32)[C@H](Br)[C@@H]1O.C=P(C)(C)CC[C@H]1OC(n2cnc3c(=O)[nH]c(N)nc32)[C@H](C)[C@@H]1O.C=P(C)(C)CC[C@H]1OC(n2cnc3c(=O)[nH]c(N)nc32)[C@H](Cl)[C@@H]1O.C=P(C)(C)CC[C@H]1OC(n2cnc3c(=O)[nH]c(N)nc32)[C@H](Cl)[C@@H]1O.C=P(C)(C)CC[C@H]1OC(n2cnc3c(=O)[nH]c(N)nc32)[C@H](OC)[C@@H]1O. The van der Waals surface area contributed by atoms with E-state index in [9.17, 15) is 49.5 Å². The Labute approximate surface area is 713 Å². The zero-order chi connectivity index (χ0) is 88.9. The molecule has 15 heterocycles. The van der Waals surface area contributed by atoms with Crippen LogP contribution in [0.25, 0.3) is 55.8 Å². The summed E-state index contributed by atoms with van der Waals surface area (Å²) in [5.74, 6) is -0.147. The number of nitrogens with two attached hydrogens (primary N) is 5. The number of fused-ring (bicyclic) bond motifs is 5. The van der Waals surface area contributed by atoms with Gasteiger partial charge in [-0.05, 0) is 130 Å². The average Bonchev–Trinajstić information content (AvgIpc) is 1.64. The van der Waals surface area contributed by atoms with E-state index < -0.39 is 147 Å². The van der Waals surface area contributed by atoms with Gasteiger partial charge >= 0.3 is 0 Å². The Hall–Kier alpha value is -7.13. The molecule has 0 bridgehead atoms. The second-order valence-corrected chi connectivity index (χ2v) is 57.9. The Bertz CT molecular complexity index is 5400. The molecule has 666 valence electrons. The molecule has 10 aromatic heterocycles. The lowest BCUT2D eigenvalue weighted by molar-refractivity contribution is -0.0496. The number of alkyl halides is 3. The van der Waals surface area contributed by atoms with Gasteiger partial charge in [0.05, 0.1) is 79.2 Å².